The Bertz CT molecular complexity index is 745. The predicted octanol–water partition coefficient (Wildman–Crippen LogP) is 4.79. The molecule has 1 aromatic rings. The second kappa shape index (κ2) is 7.59. The lowest BCUT2D eigenvalue weighted by Gasteiger charge is -2.14. The van der Waals surface area contributed by atoms with Crippen LogP contribution in [-0.2, 0) is 11.8 Å². The molecule has 0 atom stereocenters. The van der Waals surface area contributed by atoms with Crippen LogP contribution in [-0.4, -0.2) is 0 Å². The van der Waals surface area contributed by atoms with Crippen LogP contribution in [0.4, 0.5) is 0 Å². The average Bonchev–Trinajstić information content (AvgIpc) is 2.58. The predicted molar refractivity (Wildman–Crippen MR) is 96.2 cm³/mol. The van der Waals surface area contributed by atoms with Gasteiger partial charge < -0.3 is 4.74 Å². The summed E-state index contributed by atoms with van der Waals surface area (Å²) < 4.78 is 8.16. The normalized spacial score (nSPS) is 23.9. The number of rotatable bonds is 3. The van der Waals surface area contributed by atoms with Gasteiger partial charge in [0.1, 0.15) is 18.6 Å². The largest absolute Gasteiger partial charge is 0.457 e. The fraction of sp³-hybridized carbons (Fsp3) is 0.190. The highest BCUT2D eigenvalue weighted by atomic mass is 16.5. The fourth-order valence-corrected chi connectivity index (χ4v) is 2.67. The van der Waals surface area contributed by atoms with Gasteiger partial charge in [-0.15, -0.1) is 0 Å². The van der Waals surface area contributed by atoms with E-state index in [4.69, 9.17) is 4.74 Å². The second-order valence-corrected chi connectivity index (χ2v) is 5.48. The van der Waals surface area contributed by atoms with Crippen molar-refractivity contribution in [3.8, 4) is 0 Å². The maximum absolute atomic E-state index is 6.08. The van der Waals surface area contributed by atoms with Gasteiger partial charge in [0.15, 0.2) is 6.20 Å². The van der Waals surface area contributed by atoms with Crippen LogP contribution in [0.15, 0.2) is 90.6 Å². The summed E-state index contributed by atoms with van der Waals surface area (Å²) in [7, 11) is 2.02. The van der Waals surface area contributed by atoms with E-state index in [1.165, 1.54) is 0 Å². The third-order valence-corrected chi connectivity index (χ3v) is 3.79. The zero-order valence-electron chi connectivity index (χ0n) is 14.2. The highest BCUT2D eigenvalue weighted by Crippen LogP contribution is 2.30. The van der Waals surface area contributed by atoms with E-state index in [0.29, 0.717) is 5.76 Å². The molecule has 0 spiro atoms. The summed E-state index contributed by atoms with van der Waals surface area (Å²) in [6, 6.07) is 6.10. The Morgan fingerprint density at radius 1 is 1.30 bits per heavy atom. The van der Waals surface area contributed by atoms with Crippen LogP contribution < -0.4 is 4.57 Å². The molecule has 0 radical (unpaired) electrons. The summed E-state index contributed by atoms with van der Waals surface area (Å²) in [5, 5.41) is 0. The minimum absolute atomic E-state index is 0.632. The zero-order chi connectivity index (χ0) is 16.8. The molecule has 2 heterocycles. The number of aromatic nitrogens is 1. The first-order valence-electron chi connectivity index (χ1n) is 7.76. The van der Waals surface area contributed by atoms with Crippen LogP contribution in [0.3, 0.4) is 0 Å². The first kappa shape index (κ1) is 16.8. The fourth-order valence-electron chi connectivity index (χ4n) is 2.67. The van der Waals surface area contributed by atoms with E-state index in [-0.39, 0.29) is 0 Å². The molecule has 0 N–H and O–H groups in total. The van der Waals surface area contributed by atoms with Crippen molar-refractivity contribution in [2.45, 2.75) is 20.3 Å². The minimum Gasteiger partial charge on any atom is -0.457 e. The summed E-state index contributed by atoms with van der Waals surface area (Å²) in [6.45, 7) is 12.1. The van der Waals surface area contributed by atoms with Gasteiger partial charge in [-0.3, -0.25) is 0 Å². The lowest BCUT2D eigenvalue weighted by Crippen LogP contribution is -2.32. The van der Waals surface area contributed by atoms with Gasteiger partial charge in [0.25, 0.3) is 0 Å². The van der Waals surface area contributed by atoms with E-state index in [9.17, 15) is 0 Å². The molecule has 118 valence electrons. The Morgan fingerprint density at radius 2 is 2.09 bits per heavy atom. The zero-order valence-corrected chi connectivity index (χ0v) is 14.2. The molecule has 0 aliphatic carbocycles. The molecule has 23 heavy (non-hydrogen) atoms. The molecule has 0 saturated carbocycles. The van der Waals surface area contributed by atoms with Gasteiger partial charge >= 0.3 is 0 Å². The van der Waals surface area contributed by atoms with Crippen molar-refractivity contribution >= 4 is 5.57 Å². The molecular weight excluding hydrogens is 282 g/mol. The van der Waals surface area contributed by atoms with Crippen molar-refractivity contribution < 1.29 is 9.30 Å². The first-order valence-corrected chi connectivity index (χ1v) is 7.76. The van der Waals surface area contributed by atoms with Crippen molar-refractivity contribution in [3.63, 3.8) is 0 Å². The minimum atomic E-state index is 0.632. The number of nitrogens with zero attached hydrogens (tertiary/aromatic N) is 1. The summed E-state index contributed by atoms with van der Waals surface area (Å²) in [4.78, 5) is 0. The number of aryl methyl sites for hydroxylation is 1. The van der Waals surface area contributed by atoms with Gasteiger partial charge in [-0.1, -0.05) is 37.5 Å². The van der Waals surface area contributed by atoms with E-state index < -0.39 is 0 Å². The second-order valence-electron chi connectivity index (χ2n) is 5.48. The number of hydrogen-bond donors (Lipinski definition) is 0. The maximum atomic E-state index is 6.08. The summed E-state index contributed by atoms with van der Waals surface area (Å²) in [5.74, 6) is 1.39. The highest BCUT2D eigenvalue weighted by Gasteiger charge is 2.20. The van der Waals surface area contributed by atoms with Gasteiger partial charge in [-0.2, -0.15) is 0 Å². The van der Waals surface area contributed by atoms with E-state index in [2.05, 4.69) is 48.9 Å². The molecule has 0 unspecified atom stereocenters. The summed E-state index contributed by atoms with van der Waals surface area (Å²) in [6.07, 6.45) is 12.9. The molecule has 1 aromatic heterocycles. The highest BCUT2D eigenvalue weighted by molar-refractivity contribution is 5.77. The number of ether oxygens (including phenoxy) is 1. The molecule has 0 saturated heterocycles. The van der Waals surface area contributed by atoms with Crippen LogP contribution >= 0.6 is 0 Å². The van der Waals surface area contributed by atoms with Gasteiger partial charge in [0.2, 0.25) is 5.69 Å². The van der Waals surface area contributed by atoms with Crippen molar-refractivity contribution in [2.75, 3.05) is 0 Å². The molecule has 2 heteroatoms. The maximum Gasteiger partial charge on any atom is 0.216 e. The van der Waals surface area contributed by atoms with Crippen LogP contribution in [0.25, 0.3) is 5.57 Å². The Kier molecular flexibility index (Phi) is 5.53. The van der Waals surface area contributed by atoms with Crippen molar-refractivity contribution in [3.05, 3.63) is 96.3 Å². The van der Waals surface area contributed by atoms with Crippen molar-refractivity contribution in [1.29, 1.82) is 0 Å². The van der Waals surface area contributed by atoms with Gasteiger partial charge in [0.05, 0.1) is 5.57 Å². The standard InChI is InChI=1S/C21H24NO/c1-6-11-18-13-10-12-16(3)21(17(4)23-20(18)7-2)19-14-8-9-15-22(19)5/h6-12,14-15H,2,4,13H2,1,3,5H3/q+1/b11-6-,12-10-,20-18-,21-16+. The number of hydrogen-bond acceptors (Lipinski definition) is 1. The molecule has 0 bridgehead atoms. The molecule has 0 aromatic carbocycles. The molecule has 0 amide bonds. The Morgan fingerprint density at radius 3 is 2.74 bits per heavy atom. The smallest absolute Gasteiger partial charge is 0.216 e. The van der Waals surface area contributed by atoms with Crippen molar-refractivity contribution in [1.82, 2.24) is 0 Å². The van der Waals surface area contributed by atoms with Crippen LogP contribution in [0, 0.1) is 0 Å². The summed E-state index contributed by atoms with van der Waals surface area (Å²) in [5.41, 5.74) is 4.29. The Labute approximate surface area is 139 Å². The topological polar surface area (TPSA) is 13.1 Å². The molecule has 1 aliphatic heterocycles. The van der Waals surface area contributed by atoms with Gasteiger partial charge in [-0.25, -0.2) is 4.57 Å². The third-order valence-electron chi connectivity index (χ3n) is 3.79. The lowest BCUT2D eigenvalue weighted by molar-refractivity contribution is -0.673. The van der Waals surface area contributed by atoms with Gasteiger partial charge in [-0.05, 0) is 43.6 Å². The molecule has 2 nitrogen and oxygen atoms in total. The molecule has 0 fully saturated rings. The lowest BCUT2D eigenvalue weighted by atomic mass is 10.0. The van der Waals surface area contributed by atoms with Crippen LogP contribution in [0.1, 0.15) is 26.0 Å². The van der Waals surface area contributed by atoms with E-state index in [1.54, 1.807) is 6.08 Å². The Hall–Kier alpha value is -2.61. The van der Waals surface area contributed by atoms with E-state index >= 15 is 0 Å². The summed E-state index contributed by atoms with van der Waals surface area (Å²) >= 11 is 0. The third kappa shape index (κ3) is 3.78. The van der Waals surface area contributed by atoms with Crippen LogP contribution in [0.2, 0.25) is 0 Å². The monoisotopic (exact) mass is 306 g/mol. The van der Waals surface area contributed by atoms with Gasteiger partial charge in [0, 0.05) is 12.1 Å². The van der Waals surface area contributed by atoms with Crippen LogP contribution in [0.5, 0.6) is 0 Å². The number of pyridine rings is 1. The molecule has 2 rings (SSSR count). The van der Waals surface area contributed by atoms with E-state index in [0.717, 1.165) is 34.6 Å². The van der Waals surface area contributed by atoms with E-state index in [1.807, 2.05) is 38.4 Å². The average molecular weight is 306 g/mol. The molecular formula is C21H24NO+. The SMILES string of the molecule is C=C/C1=C(\C=C/C)C/C=C\C(C)=C(\c2cccc[n+]2C)C(=C)O1. The quantitative estimate of drug-likeness (QED) is 0.732. The molecule has 1 aliphatic rings. The number of allylic oxidation sites excluding steroid dienone is 8. The Balaban J connectivity index is 2.57. The first-order chi connectivity index (χ1) is 11.1. The van der Waals surface area contributed by atoms with Crippen molar-refractivity contribution in [2.24, 2.45) is 7.05 Å².